The van der Waals surface area contributed by atoms with Crippen LogP contribution in [0.5, 0.6) is 0 Å². The fraction of sp³-hybridized carbons (Fsp3) is 0.429. The molecule has 0 aliphatic rings. The minimum absolute atomic E-state index is 0.00126. The van der Waals surface area contributed by atoms with Gasteiger partial charge in [-0.15, -0.1) is 0 Å². The van der Waals surface area contributed by atoms with Crippen molar-refractivity contribution >= 4 is 0 Å². The summed E-state index contributed by atoms with van der Waals surface area (Å²) in [6.07, 6.45) is 8.56. The maximum Gasteiger partial charge on any atom is 0.0602 e. The van der Waals surface area contributed by atoms with Gasteiger partial charge in [0.1, 0.15) is 0 Å². The zero-order chi connectivity index (χ0) is 13.0. The lowest BCUT2D eigenvalue weighted by Gasteiger charge is -2.13. The number of rotatable bonds is 5. The lowest BCUT2D eigenvalue weighted by Crippen LogP contribution is -2.15. The lowest BCUT2D eigenvalue weighted by molar-refractivity contribution is 0.625. The van der Waals surface area contributed by atoms with Crippen molar-refractivity contribution in [3.8, 4) is 0 Å². The van der Waals surface area contributed by atoms with Crippen LogP contribution in [0.2, 0.25) is 0 Å². The van der Waals surface area contributed by atoms with Gasteiger partial charge in [0.2, 0.25) is 0 Å². The standard InChI is InChI=1S/C14H20N4/c1-3-12-5-4-8-16-14(12)13(15)7-6-11-9-17-18(2)10-11/h4-5,8-10,13H,3,6-7,15H2,1-2H3. The fourth-order valence-corrected chi connectivity index (χ4v) is 2.14. The Hall–Kier alpha value is -1.68. The van der Waals surface area contributed by atoms with E-state index < -0.39 is 0 Å². The second kappa shape index (κ2) is 5.78. The summed E-state index contributed by atoms with van der Waals surface area (Å²) in [5.74, 6) is 0. The zero-order valence-electron chi connectivity index (χ0n) is 11.0. The number of hydrogen-bond donors (Lipinski definition) is 1. The Bertz CT molecular complexity index is 504. The smallest absolute Gasteiger partial charge is 0.0602 e. The van der Waals surface area contributed by atoms with Crippen molar-refractivity contribution in [1.82, 2.24) is 14.8 Å². The van der Waals surface area contributed by atoms with Gasteiger partial charge in [0.15, 0.2) is 0 Å². The Balaban J connectivity index is 2.01. The molecule has 2 rings (SSSR count). The summed E-state index contributed by atoms with van der Waals surface area (Å²) in [7, 11) is 1.93. The van der Waals surface area contributed by atoms with Gasteiger partial charge in [0.05, 0.1) is 11.9 Å². The number of aromatic nitrogens is 3. The van der Waals surface area contributed by atoms with Crippen LogP contribution < -0.4 is 5.73 Å². The van der Waals surface area contributed by atoms with E-state index in [0.29, 0.717) is 0 Å². The first-order valence-electron chi connectivity index (χ1n) is 6.37. The minimum atomic E-state index is 0.00126. The van der Waals surface area contributed by atoms with Crippen LogP contribution in [0.4, 0.5) is 0 Å². The largest absolute Gasteiger partial charge is 0.323 e. The predicted molar refractivity (Wildman–Crippen MR) is 72.1 cm³/mol. The monoisotopic (exact) mass is 244 g/mol. The van der Waals surface area contributed by atoms with Gasteiger partial charge in [0, 0.05) is 25.5 Å². The number of nitrogens with zero attached hydrogens (tertiary/aromatic N) is 3. The Morgan fingerprint density at radius 3 is 2.94 bits per heavy atom. The first kappa shape index (κ1) is 12.8. The topological polar surface area (TPSA) is 56.7 Å². The summed E-state index contributed by atoms with van der Waals surface area (Å²) in [5, 5.41) is 4.16. The first-order chi connectivity index (χ1) is 8.70. The van der Waals surface area contributed by atoms with Gasteiger partial charge in [0.25, 0.3) is 0 Å². The second-order valence-electron chi connectivity index (χ2n) is 4.57. The molecule has 2 heterocycles. The number of hydrogen-bond acceptors (Lipinski definition) is 3. The van der Waals surface area contributed by atoms with Crippen molar-refractivity contribution in [2.24, 2.45) is 12.8 Å². The molecule has 18 heavy (non-hydrogen) atoms. The van der Waals surface area contributed by atoms with E-state index in [-0.39, 0.29) is 6.04 Å². The van der Waals surface area contributed by atoms with E-state index in [2.05, 4.69) is 23.1 Å². The van der Waals surface area contributed by atoms with E-state index >= 15 is 0 Å². The van der Waals surface area contributed by atoms with Gasteiger partial charge in [-0.25, -0.2) is 0 Å². The van der Waals surface area contributed by atoms with Crippen LogP contribution in [0.1, 0.15) is 36.2 Å². The maximum atomic E-state index is 6.24. The lowest BCUT2D eigenvalue weighted by atomic mass is 10.0. The molecule has 2 aromatic heterocycles. The molecule has 0 saturated carbocycles. The molecule has 0 radical (unpaired) electrons. The predicted octanol–water partition coefficient (Wildman–Crippen LogP) is 2.01. The first-order valence-corrected chi connectivity index (χ1v) is 6.37. The van der Waals surface area contributed by atoms with Crippen LogP contribution in [0.3, 0.4) is 0 Å². The molecular formula is C14H20N4. The van der Waals surface area contributed by atoms with Crippen molar-refractivity contribution in [2.45, 2.75) is 32.2 Å². The molecule has 0 bridgehead atoms. The van der Waals surface area contributed by atoms with E-state index in [0.717, 1.165) is 25.0 Å². The Kier molecular flexibility index (Phi) is 4.10. The van der Waals surface area contributed by atoms with Gasteiger partial charge in [-0.2, -0.15) is 5.10 Å². The number of aryl methyl sites for hydroxylation is 3. The number of nitrogens with two attached hydrogens (primary N) is 1. The van der Waals surface area contributed by atoms with Gasteiger partial charge in [-0.1, -0.05) is 13.0 Å². The average molecular weight is 244 g/mol. The summed E-state index contributed by atoms with van der Waals surface area (Å²) in [6.45, 7) is 2.13. The summed E-state index contributed by atoms with van der Waals surface area (Å²) in [6, 6.07) is 4.07. The summed E-state index contributed by atoms with van der Waals surface area (Å²) in [4.78, 5) is 4.42. The van der Waals surface area contributed by atoms with Crippen molar-refractivity contribution in [3.05, 3.63) is 47.5 Å². The summed E-state index contributed by atoms with van der Waals surface area (Å²) >= 11 is 0. The molecule has 1 unspecified atom stereocenters. The average Bonchev–Trinajstić information content (AvgIpc) is 2.81. The molecule has 96 valence electrons. The van der Waals surface area contributed by atoms with Crippen LogP contribution in [0.15, 0.2) is 30.7 Å². The molecule has 0 fully saturated rings. The van der Waals surface area contributed by atoms with E-state index in [4.69, 9.17) is 5.73 Å². The minimum Gasteiger partial charge on any atom is -0.323 e. The van der Waals surface area contributed by atoms with E-state index in [1.165, 1.54) is 11.1 Å². The van der Waals surface area contributed by atoms with Gasteiger partial charge < -0.3 is 5.73 Å². The molecule has 2 N–H and O–H groups in total. The molecule has 1 atom stereocenters. The Morgan fingerprint density at radius 2 is 2.28 bits per heavy atom. The van der Waals surface area contributed by atoms with Gasteiger partial charge in [-0.05, 0) is 36.5 Å². The summed E-state index contributed by atoms with van der Waals surface area (Å²) in [5.41, 5.74) is 9.74. The van der Waals surface area contributed by atoms with E-state index in [1.54, 1.807) is 0 Å². The van der Waals surface area contributed by atoms with Crippen molar-refractivity contribution in [3.63, 3.8) is 0 Å². The van der Waals surface area contributed by atoms with Gasteiger partial charge >= 0.3 is 0 Å². The highest BCUT2D eigenvalue weighted by atomic mass is 15.2. The Morgan fingerprint density at radius 1 is 1.44 bits per heavy atom. The van der Waals surface area contributed by atoms with Crippen LogP contribution in [0, 0.1) is 0 Å². The van der Waals surface area contributed by atoms with Crippen LogP contribution in [-0.2, 0) is 19.9 Å². The van der Waals surface area contributed by atoms with Crippen LogP contribution in [-0.4, -0.2) is 14.8 Å². The molecule has 0 aliphatic heterocycles. The van der Waals surface area contributed by atoms with E-state index in [9.17, 15) is 0 Å². The van der Waals surface area contributed by atoms with Crippen molar-refractivity contribution in [2.75, 3.05) is 0 Å². The normalized spacial score (nSPS) is 12.6. The summed E-state index contributed by atoms with van der Waals surface area (Å²) < 4.78 is 1.82. The third-order valence-electron chi connectivity index (χ3n) is 3.16. The molecule has 4 heteroatoms. The molecule has 4 nitrogen and oxygen atoms in total. The van der Waals surface area contributed by atoms with Gasteiger partial charge in [-0.3, -0.25) is 9.67 Å². The zero-order valence-corrected chi connectivity index (χ0v) is 11.0. The third kappa shape index (κ3) is 2.96. The second-order valence-corrected chi connectivity index (χ2v) is 4.57. The Labute approximate surface area is 108 Å². The van der Waals surface area contributed by atoms with Crippen LogP contribution in [0.25, 0.3) is 0 Å². The molecule has 2 aromatic rings. The SMILES string of the molecule is CCc1cccnc1C(N)CCc1cnn(C)c1. The maximum absolute atomic E-state index is 6.24. The molecule has 0 amide bonds. The molecular weight excluding hydrogens is 224 g/mol. The molecule has 0 aromatic carbocycles. The van der Waals surface area contributed by atoms with E-state index in [1.807, 2.05) is 36.4 Å². The quantitative estimate of drug-likeness (QED) is 0.875. The fourth-order valence-electron chi connectivity index (χ4n) is 2.14. The number of pyridine rings is 1. The molecule has 0 spiro atoms. The molecule has 0 aliphatic carbocycles. The van der Waals surface area contributed by atoms with Crippen molar-refractivity contribution in [1.29, 1.82) is 0 Å². The van der Waals surface area contributed by atoms with Crippen LogP contribution >= 0.6 is 0 Å². The molecule has 0 saturated heterocycles. The highest BCUT2D eigenvalue weighted by Gasteiger charge is 2.11. The van der Waals surface area contributed by atoms with Crippen molar-refractivity contribution < 1.29 is 0 Å². The highest BCUT2D eigenvalue weighted by Crippen LogP contribution is 2.18. The highest BCUT2D eigenvalue weighted by molar-refractivity contribution is 5.22. The third-order valence-corrected chi connectivity index (χ3v) is 3.16.